The number of aryl methyl sites for hydroxylation is 2. The lowest BCUT2D eigenvalue weighted by Crippen LogP contribution is -2.27. The van der Waals surface area contributed by atoms with Crippen LogP contribution in [0.5, 0.6) is 0 Å². The number of rotatable bonds is 6. The number of nitrogens with one attached hydrogen (secondary N) is 1. The highest BCUT2D eigenvalue weighted by atomic mass is 19.1. The lowest BCUT2D eigenvalue weighted by Gasteiger charge is -2.07. The van der Waals surface area contributed by atoms with Crippen molar-refractivity contribution in [1.82, 2.24) is 20.0 Å². The van der Waals surface area contributed by atoms with Gasteiger partial charge in [0.15, 0.2) is 0 Å². The molecule has 1 N–H and O–H groups in total. The maximum absolute atomic E-state index is 13.6. The average Bonchev–Trinajstić information content (AvgIpc) is 3.17. The Morgan fingerprint density at radius 2 is 2.03 bits per heavy atom. The maximum atomic E-state index is 13.6. The zero-order valence-corrected chi connectivity index (χ0v) is 16.3. The van der Waals surface area contributed by atoms with E-state index in [1.807, 2.05) is 31.2 Å². The smallest absolute Gasteiger partial charge is 0.266 e. The van der Waals surface area contributed by atoms with Crippen LogP contribution in [-0.2, 0) is 17.9 Å². The van der Waals surface area contributed by atoms with Crippen LogP contribution in [0, 0.1) is 12.7 Å². The zero-order valence-electron chi connectivity index (χ0n) is 16.3. The van der Waals surface area contributed by atoms with Crippen LogP contribution in [-0.4, -0.2) is 20.6 Å². The molecule has 0 fully saturated rings. The van der Waals surface area contributed by atoms with E-state index < -0.39 is 11.4 Å². The fraction of sp³-hybridized carbons (Fsp3) is 0.182. The number of nitrogens with zero attached hydrogens (tertiary/aromatic N) is 3. The Morgan fingerprint density at radius 3 is 2.83 bits per heavy atom. The van der Waals surface area contributed by atoms with Crippen LogP contribution in [0.3, 0.4) is 0 Å². The van der Waals surface area contributed by atoms with Gasteiger partial charge in [0.1, 0.15) is 23.2 Å². The highest BCUT2D eigenvalue weighted by molar-refractivity contribution is 5.88. The molecule has 0 saturated heterocycles. The van der Waals surface area contributed by atoms with E-state index in [2.05, 4.69) is 15.5 Å². The highest BCUT2D eigenvalue weighted by Gasteiger charge is 2.17. The van der Waals surface area contributed by atoms with Crippen molar-refractivity contribution >= 4 is 17.0 Å². The molecule has 4 aromatic rings. The Bertz CT molecular complexity index is 1280. The normalized spacial score (nSPS) is 11.0. The summed E-state index contributed by atoms with van der Waals surface area (Å²) in [5, 5.41) is 6.88. The number of benzene rings is 2. The van der Waals surface area contributed by atoms with Crippen molar-refractivity contribution in [2.24, 2.45) is 0 Å². The van der Waals surface area contributed by atoms with Crippen LogP contribution in [0.2, 0.25) is 0 Å². The Balaban J connectivity index is 1.49. The number of fused-ring (bicyclic) bond motifs is 1. The fourth-order valence-corrected chi connectivity index (χ4v) is 3.21. The average molecular weight is 406 g/mol. The minimum absolute atomic E-state index is 0.0689. The maximum Gasteiger partial charge on any atom is 0.266 e. The quantitative estimate of drug-likeness (QED) is 0.531. The van der Waals surface area contributed by atoms with Crippen LogP contribution >= 0.6 is 0 Å². The zero-order chi connectivity index (χ0) is 21.1. The number of aromatic nitrogens is 3. The summed E-state index contributed by atoms with van der Waals surface area (Å²) in [6.07, 6.45) is 1.43. The van der Waals surface area contributed by atoms with E-state index in [4.69, 9.17) is 4.52 Å². The van der Waals surface area contributed by atoms with Crippen molar-refractivity contribution in [3.8, 4) is 11.3 Å². The number of hydrogen-bond donors (Lipinski definition) is 1. The van der Waals surface area contributed by atoms with Gasteiger partial charge in [0.2, 0.25) is 5.91 Å². The van der Waals surface area contributed by atoms with Crippen molar-refractivity contribution in [3.63, 3.8) is 0 Å². The number of carbonyl (C=O) groups excluding carboxylic acids is 1. The lowest BCUT2D eigenvalue weighted by atomic mass is 10.1. The van der Waals surface area contributed by atoms with Gasteiger partial charge in [-0.25, -0.2) is 9.37 Å². The number of halogens is 1. The molecule has 7 nitrogen and oxygen atoms in total. The van der Waals surface area contributed by atoms with Crippen molar-refractivity contribution in [3.05, 3.63) is 82.2 Å². The monoisotopic (exact) mass is 406 g/mol. The lowest BCUT2D eigenvalue weighted by molar-refractivity contribution is -0.121. The van der Waals surface area contributed by atoms with E-state index >= 15 is 0 Å². The van der Waals surface area contributed by atoms with Gasteiger partial charge < -0.3 is 9.84 Å². The van der Waals surface area contributed by atoms with E-state index in [0.29, 0.717) is 12.1 Å². The first-order valence-corrected chi connectivity index (χ1v) is 9.44. The standard InChI is InChI=1S/C22H19FN4O3/c1-14-4-2-5-15(10-14)12-24-18(28)8-9-27-13-25-21-19(22(27)29)20(26-30-21)16-6-3-7-17(23)11-16/h2-7,10-11,13H,8-9,12H2,1H3,(H,24,28). The predicted octanol–water partition coefficient (Wildman–Crippen LogP) is 3.21. The molecule has 4 rings (SSSR count). The van der Waals surface area contributed by atoms with Crippen molar-refractivity contribution in [2.75, 3.05) is 0 Å². The SMILES string of the molecule is Cc1cccc(CNC(=O)CCn2cnc3onc(-c4cccc(F)c4)c3c2=O)c1. The van der Waals surface area contributed by atoms with Gasteiger partial charge >= 0.3 is 0 Å². The van der Waals surface area contributed by atoms with Crippen LogP contribution in [0.25, 0.3) is 22.4 Å². The van der Waals surface area contributed by atoms with Crippen molar-refractivity contribution in [2.45, 2.75) is 26.4 Å². The summed E-state index contributed by atoms with van der Waals surface area (Å²) in [4.78, 5) is 29.2. The summed E-state index contributed by atoms with van der Waals surface area (Å²) in [5.74, 6) is -0.627. The van der Waals surface area contributed by atoms with Gasteiger partial charge in [0.05, 0.1) is 0 Å². The predicted molar refractivity (Wildman–Crippen MR) is 109 cm³/mol. The molecule has 0 spiro atoms. The summed E-state index contributed by atoms with van der Waals surface area (Å²) < 4.78 is 20.0. The molecule has 0 atom stereocenters. The van der Waals surface area contributed by atoms with Crippen LogP contribution in [0.1, 0.15) is 17.5 Å². The first kappa shape index (κ1) is 19.5. The van der Waals surface area contributed by atoms with Gasteiger partial charge in [0.25, 0.3) is 11.3 Å². The Hall–Kier alpha value is -3.81. The Labute approximate surface area is 171 Å². The molecule has 0 saturated carbocycles. The minimum Gasteiger partial charge on any atom is -0.352 e. The molecule has 0 aliphatic rings. The van der Waals surface area contributed by atoms with E-state index in [0.717, 1.165) is 11.1 Å². The molecule has 0 radical (unpaired) electrons. The summed E-state index contributed by atoms with van der Waals surface area (Å²) in [7, 11) is 0. The van der Waals surface area contributed by atoms with Gasteiger partial charge in [-0.1, -0.05) is 47.1 Å². The second-order valence-electron chi connectivity index (χ2n) is 6.98. The van der Waals surface area contributed by atoms with Gasteiger partial charge in [-0.3, -0.25) is 14.2 Å². The summed E-state index contributed by atoms with van der Waals surface area (Å²) in [6, 6.07) is 13.6. The molecule has 0 unspecified atom stereocenters. The second kappa shape index (κ2) is 8.28. The fourth-order valence-electron chi connectivity index (χ4n) is 3.21. The summed E-state index contributed by atoms with van der Waals surface area (Å²) in [5.41, 5.74) is 2.44. The molecular weight excluding hydrogens is 387 g/mol. The molecule has 2 heterocycles. The third kappa shape index (κ3) is 4.12. The largest absolute Gasteiger partial charge is 0.352 e. The van der Waals surface area contributed by atoms with E-state index in [9.17, 15) is 14.0 Å². The second-order valence-corrected chi connectivity index (χ2v) is 6.98. The highest BCUT2D eigenvalue weighted by Crippen LogP contribution is 2.24. The third-order valence-corrected chi connectivity index (χ3v) is 4.71. The first-order valence-electron chi connectivity index (χ1n) is 9.44. The van der Waals surface area contributed by atoms with Gasteiger partial charge in [0, 0.05) is 25.1 Å². The number of amides is 1. The molecule has 0 aliphatic carbocycles. The van der Waals surface area contributed by atoms with Crippen LogP contribution in [0.4, 0.5) is 4.39 Å². The summed E-state index contributed by atoms with van der Waals surface area (Å²) in [6.45, 7) is 2.56. The molecule has 8 heteroatoms. The molecule has 152 valence electrons. The first-order chi connectivity index (χ1) is 14.5. The molecule has 1 amide bonds. The molecular formula is C22H19FN4O3. The van der Waals surface area contributed by atoms with Crippen molar-refractivity contribution < 1.29 is 13.7 Å². The van der Waals surface area contributed by atoms with Crippen molar-refractivity contribution in [1.29, 1.82) is 0 Å². The van der Waals surface area contributed by atoms with E-state index in [1.165, 1.54) is 29.1 Å². The number of hydrogen-bond acceptors (Lipinski definition) is 5. The van der Waals surface area contributed by atoms with Crippen LogP contribution in [0.15, 0.2) is 64.2 Å². The molecule has 0 bridgehead atoms. The number of carbonyl (C=O) groups is 1. The topological polar surface area (TPSA) is 90.0 Å². The molecule has 30 heavy (non-hydrogen) atoms. The molecule has 2 aromatic carbocycles. The molecule has 2 aromatic heterocycles. The third-order valence-electron chi connectivity index (χ3n) is 4.71. The van der Waals surface area contributed by atoms with E-state index in [-0.39, 0.29) is 35.7 Å². The minimum atomic E-state index is -0.446. The van der Waals surface area contributed by atoms with Crippen LogP contribution < -0.4 is 10.9 Å². The van der Waals surface area contributed by atoms with Gasteiger partial charge in [-0.15, -0.1) is 0 Å². The molecule has 0 aliphatic heterocycles. The summed E-state index contributed by atoms with van der Waals surface area (Å²) >= 11 is 0. The van der Waals surface area contributed by atoms with Gasteiger partial charge in [-0.05, 0) is 24.6 Å². The van der Waals surface area contributed by atoms with Gasteiger partial charge in [-0.2, -0.15) is 0 Å². The Kier molecular flexibility index (Phi) is 5.38. The van der Waals surface area contributed by atoms with E-state index in [1.54, 1.807) is 6.07 Å². The Morgan fingerprint density at radius 1 is 1.20 bits per heavy atom.